The normalized spacial score (nSPS) is 9.96. The topological polar surface area (TPSA) is 101 Å². The molecule has 0 bridgehead atoms. The highest BCUT2D eigenvalue weighted by molar-refractivity contribution is 6.39. The fourth-order valence-electron chi connectivity index (χ4n) is 1.89. The van der Waals surface area contributed by atoms with E-state index in [1.54, 1.807) is 0 Å². The third-order valence-corrected chi connectivity index (χ3v) is 3.13. The average molecular weight is 313 g/mol. The minimum absolute atomic E-state index is 0.0204. The third kappa shape index (κ3) is 4.37. The van der Waals surface area contributed by atoms with Crippen LogP contribution in [0.2, 0.25) is 0 Å². The monoisotopic (exact) mass is 313 g/mol. The van der Waals surface area contributed by atoms with Crippen LogP contribution in [0.4, 0.5) is 11.4 Å². The second-order valence-corrected chi connectivity index (χ2v) is 4.90. The van der Waals surface area contributed by atoms with E-state index < -0.39 is 16.7 Å². The van der Waals surface area contributed by atoms with Crippen LogP contribution in [-0.2, 0) is 16.1 Å². The van der Waals surface area contributed by atoms with Gasteiger partial charge in [0.25, 0.3) is 5.69 Å². The van der Waals surface area contributed by atoms with Gasteiger partial charge in [-0.1, -0.05) is 42.0 Å². The van der Waals surface area contributed by atoms with Crippen molar-refractivity contribution in [2.75, 3.05) is 5.32 Å². The lowest BCUT2D eigenvalue weighted by molar-refractivity contribution is -0.383. The molecule has 0 aromatic heterocycles. The number of rotatable bonds is 4. The number of amides is 2. The number of benzene rings is 2. The molecule has 0 spiro atoms. The molecule has 2 aromatic carbocycles. The first-order valence-corrected chi connectivity index (χ1v) is 6.85. The Morgan fingerprint density at radius 3 is 2.35 bits per heavy atom. The highest BCUT2D eigenvalue weighted by Gasteiger charge is 2.19. The van der Waals surface area contributed by atoms with Gasteiger partial charge in [-0.15, -0.1) is 0 Å². The van der Waals surface area contributed by atoms with Crippen molar-refractivity contribution < 1.29 is 14.5 Å². The molecule has 0 aliphatic rings. The zero-order valence-electron chi connectivity index (χ0n) is 12.4. The number of carbonyl (C=O) groups is 2. The summed E-state index contributed by atoms with van der Waals surface area (Å²) in [6, 6.07) is 13.1. The Balaban J connectivity index is 1.96. The highest BCUT2D eigenvalue weighted by Crippen LogP contribution is 2.22. The second kappa shape index (κ2) is 7.17. The molecule has 0 radical (unpaired) electrons. The zero-order chi connectivity index (χ0) is 16.8. The molecule has 2 aromatic rings. The first-order valence-electron chi connectivity index (χ1n) is 6.85. The van der Waals surface area contributed by atoms with Crippen molar-refractivity contribution in [3.05, 3.63) is 69.8 Å². The first kappa shape index (κ1) is 16.2. The van der Waals surface area contributed by atoms with Crippen molar-refractivity contribution in [1.29, 1.82) is 0 Å². The highest BCUT2D eigenvalue weighted by atomic mass is 16.6. The van der Waals surface area contributed by atoms with Crippen molar-refractivity contribution in [2.45, 2.75) is 13.5 Å². The smallest absolute Gasteiger partial charge is 0.313 e. The molecule has 0 aliphatic heterocycles. The molecule has 0 aliphatic carbocycles. The van der Waals surface area contributed by atoms with Gasteiger partial charge in [-0.25, -0.2) is 0 Å². The van der Waals surface area contributed by atoms with Crippen LogP contribution in [0.25, 0.3) is 0 Å². The van der Waals surface area contributed by atoms with Crippen molar-refractivity contribution in [3.63, 3.8) is 0 Å². The van der Waals surface area contributed by atoms with Crippen molar-refractivity contribution in [3.8, 4) is 0 Å². The minimum Gasteiger partial charge on any atom is -0.344 e. The summed E-state index contributed by atoms with van der Waals surface area (Å²) in [5.74, 6) is -1.81. The molecule has 7 heteroatoms. The Hall–Kier alpha value is -3.22. The van der Waals surface area contributed by atoms with E-state index in [9.17, 15) is 19.7 Å². The van der Waals surface area contributed by atoms with E-state index >= 15 is 0 Å². The molecule has 0 heterocycles. The number of para-hydroxylation sites is 2. The van der Waals surface area contributed by atoms with Crippen molar-refractivity contribution in [2.24, 2.45) is 0 Å². The molecule has 0 fully saturated rings. The number of carbonyl (C=O) groups excluding carboxylic acids is 2. The molecule has 7 nitrogen and oxygen atoms in total. The SMILES string of the molecule is Cc1ccc(CNC(=O)C(=O)Nc2ccccc2[N+](=O)[O-])cc1. The van der Waals surface area contributed by atoms with Crippen LogP contribution in [0.15, 0.2) is 48.5 Å². The predicted octanol–water partition coefficient (Wildman–Crippen LogP) is 2.16. The van der Waals surface area contributed by atoms with Crippen LogP contribution < -0.4 is 10.6 Å². The second-order valence-electron chi connectivity index (χ2n) is 4.90. The summed E-state index contributed by atoms with van der Waals surface area (Å²) in [4.78, 5) is 33.8. The lowest BCUT2D eigenvalue weighted by Crippen LogP contribution is -2.35. The van der Waals surface area contributed by atoms with Gasteiger partial charge in [-0.2, -0.15) is 0 Å². The molecule has 2 rings (SSSR count). The van der Waals surface area contributed by atoms with E-state index in [-0.39, 0.29) is 17.9 Å². The predicted molar refractivity (Wildman–Crippen MR) is 84.8 cm³/mol. The number of nitrogens with one attached hydrogen (secondary N) is 2. The summed E-state index contributed by atoms with van der Waals surface area (Å²) in [5.41, 5.74) is 1.65. The number of hydrogen-bond acceptors (Lipinski definition) is 4. The molecule has 2 N–H and O–H groups in total. The van der Waals surface area contributed by atoms with Crippen LogP contribution in [-0.4, -0.2) is 16.7 Å². The summed E-state index contributed by atoms with van der Waals surface area (Å²) in [6.45, 7) is 2.14. The van der Waals surface area contributed by atoms with Gasteiger partial charge in [0.05, 0.1) is 4.92 Å². The molecule has 118 valence electrons. The number of nitro groups is 1. The lowest BCUT2D eigenvalue weighted by Gasteiger charge is -2.07. The Kier molecular flexibility index (Phi) is 5.03. The van der Waals surface area contributed by atoms with Crippen LogP contribution in [0.5, 0.6) is 0 Å². The van der Waals surface area contributed by atoms with E-state index in [0.29, 0.717) is 0 Å². The maximum absolute atomic E-state index is 11.8. The molecule has 23 heavy (non-hydrogen) atoms. The van der Waals surface area contributed by atoms with E-state index in [1.807, 2.05) is 31.2 Å². The summed E-state index contributed by atoms with van der Waals surface area (Å²) >= 11 is 0. The minimum atomic E-state index is -0.952. The Bertz CT molecular complexity index is 741. The van der Waals surface area contributed by atoms with E-state index in [1.165, 1.54) is 24.3 Å². The van der Waals surface area contributed by atoms with E-state index in [2.05, 4.69) is 10.6 Å². The van der Waals surface area contributed by atoms with Gasteiger partial charge in [-0.3, -0.25) is 19.7 Å². The van der Waals surface area contributed by atoms with Crippen molar-refractivity contribution in [1.82, 2.24) is 5.32 Å². The zero-order valence-corrected chi connectivity index (χ0v) is 12.4. The molecule has 0 atom stereocenters. The summed E-state index contributed by atoms with van der Waals surface area (Å²) < 4.78 is 0. The van der Waals surface area contributed by atoms with Gasteiger partial charge in [-0.05, 0) is 18.6 Å². The Morgan fingerprint density at radius 1 is 1.04 bits per heavy atom. The number of hydrogen-bond donors (Lipinski definition) is 2. The fourth-order valence-corrected chi connectivity index (χ4v) is 1.89. The first-order chi connectivity index (χ1) is 11.0. The van der Waals surface area contributed by atoms with Gasteiger partial charge < -0.3 is 10.6 Å². The van der Waals surface area contributed by atoms with Gasteiger partial charge in [0.1, 0.15) is 5.69 Å². The third-order valence-electron chi connectivity index (χ3n) is 3.13. The van der Waals surface area contributed by atoms with Crippen LogP contribution in [0, 0.1) is 17.0 Å². The van der Waals surface area contributed by atoms with Gasteiger partial charge in [0.15, 0.2) is 0 Å². The van der Waals surface area contributed by atoms with E-state index in [4.69, 9.17) is 0 Å². The summed E-state index contributed by atoms with van der Waals surface area (Å²) in [5, 5.41) is 15.6. The summed E-state index contributed by atoms with van der Waals surface area (Å²) in [7, 11) is 0. The fraction of sp³-hybridized carbons (Fsp3) is 0.125. The molecule has 2 amide bonds. The average Bonchev–Trinajstić information content (AvgIpc) is 2.54. The van der Waals surface area contributed by atoms with Crippen LogP contribution >= 0.6 is 0 Å². The molecular weight excluding hydrogens is 298 g/mol. The van der Waals surface area contributed by atoms with Crippen LogP contribution in [0.3, 0.4) is 0 Å². The number of nitro benzene ring substituents is 1. The Labute approximate surface area is 132 Å². The standard InChI is InChI=1S/C16H15N3O4/c1-11-6-8-12(9-7-11)10-17-15(20)16(21)18-13-4-2-3-5-14(13)19(22)23/h2-9H,10H2,1H3,(H,17,20)(H,18,21). The molecular formula is C16H15N3O4. The summed E-state index contributed by atoms with van der Waals surface area (Å²) in [6.07, 6.45) is 0. The van der Waals surface area contributed by atoms with Gasteiger partial charge in [0, 0.05) is 12.6 Å². The van der Waals surface area contributed by atoms with Gasteiger partial charge in [0.2, 0.25) is 0 Å². The van der Waals surface area contributed by atoms with Crippen LogP contribution in [0.1, 0.15) is 11.1 Å². The number of nitrogens with zero attached hydrogens (tertiary/aromatic N) is 1. The number of anilines is 1. The van der Waals surface area contributed by atoms with Gasteiger partial charge >= 0.3 is 11.8 Å². The quantitative estimate of drug-likeness (QED) is 0.513. The lowest BCUT2D eigenvalue weighted by atomic mass is 10.1. The Morgan fingerprint density at radius 2 is 1.70 bits per heavy atom. The molecule has 0 saturated carbocycles. The van der Waals surface area contributed by atoms with E-state index in [0.717, 1.165) is 11.1 Å². The molecule has 0 unspecified atom stereocenters. The maximum Gasteiger partial charge on any atom is 0.313 e. The number of aryl methyl sites for hydroxylation is 1. The largest absolute Gasteiger partial charge is 0.344 e. The molecule has 0 saturated heterocycles. The maximum atomic E-state index is 11.8. The van der Waals surface area contributed by atoms with Crippen molar-refractivity contribution >= 4 is 23.2 Å².